The van der Waals surface area contributed by atoms with Gasteiger partial charge in [0.2, 0.25) is 5.90 Å². The van der Waals surface area contributed by atoms with Gasteiger partial charge in [0.25, 0.3) is 0 Å². The summed E-state index contributed by atoms with van der Waals surface area (Å²) in [6.07, 6.45) is 6.75. The van der Waals surface area contributed by atoms with Gasteiger partial charge in [0, 0.05) is 17.8 Å². The molecule has 1 aromatic carbocycles. The average molecular weight is 318 g/mol. The number of ether oxygens (including phenoxy) is 1. The van der Waals surface area contributed by atoms with Crippen LogP contribution in [0.1, 0.15) is 44.7 Å². The van der Waals surface area contributed by atoms with Crippen molar-refractivity contribution in [1.29, 1.82) is 5.41 Å². The Balaban J connectivity index is 2.26. The quantitative estimate of drug-likeness (QED) is 0.431. The van der Waals surface area contributed by atoms with Crippen molar-refractivity contribution in [2.75, 3.05) is 17.5 Å². The molecule has 0 aliphatic heterocycles. The molecule has 0 saturated heterocycles. The molecule has 1 saturated carbocycles. The Morgan fingerprint density at radius 3 is 2.73 bits per heavy atom. The summed E-state index contributed by atoms with van der Waals surface area (Å²) >= 11 is 4.55. The Morgan fingerprint density at radius 2 is 2.14 bits per heavy atom. The van der Waals surface area contributed by atoms with Crippen molar-refractivity contribution in [2.24, 2.45) is 11.8 Å². The fourth-order valence-electron chi connectivity index (χ4n) is 2.43. The SMILES string of the molecule is CCCN(S)c1cc(/C=C\C2CC2C)cc(C(=N)OCC)c1. The summed E-state index contributed by atoms with van der Waals surface area (Å²) in [5, 5.41) is 8.04. The Bertz CT molecular complexity index is 556. The first-order chi connectivity index (χ1) is 10.5. The molecule has 1 fully saturated rings. The zero-order valence-electron chi connectivity index (χ0n) is 13.7. The normalized spacial score (nSPS) is 20.2. The van der Waals surface area contributed by atoms with Crippen LogP contribution in [0.2, 0.25) is 0 Å². The molecule has 0 aromatic heterocycles. The van der Waals surface area contributed by atoms with E-state index in [4.69, 9.17) is 10.1 Å². The molecule has 1 aliphatic rings. The lowest BCUT2D eigenvalue weighted by Crippen LogP contribution is -2.13. The largest absolute Gasteiger partial charge is 0.478 e. The van der Waals surface area contributed by atoms with Gasteiger partial charge in [0.1, 0.15) is 0 Å². The van der Waals surface area contributed by atoms with Crippen molar-refractivity contribution in [2.45, 2.75) is 33.6 Å². The van der Waals surface area contributed by atoms with E-state index in [0.717, 1.165) is 35.7 Å². The summed E-state index contributed by atoms with van der Waals surface area (Å²) in [5.74, 6) is 1.74. The van der Waals surface area contributed by atoms with Gasteiger partial charge in [-0.15, -0.1) is 0 Å². The molecule has 1 N–H and O–H groups in total. The second kappa shape index (κ2) is 7.73. The van der Waals surface area contributed by atoms with Crippen molar-refractivity contribution < 1.29 is 4.74 Å². The van der Waals surface area contributed by atoms with Crippen LogP contribution in [0.3, 0.4) is 0 Å². The van der Waals surface area contributed by atoms with Gasteiger partial charge in [-0.3, -0.25) is 5.41 Å². The third kappa shape index (κ3) is 4.54. The van der Waals surface area contributed by atoms with E-state index in [9.17, 15) is 0 Å². The summed E-state index contributed by atoms with van der Waals surface area (Å²) in [6.45, 7) is 7.68. The summed E-state index contributed by atoms with van der Waals surface area (Å²) in [5.41, 5.74) is 2.92. The van der Waals surface area contributed by atoms with Crippen molar-refractivity contribution in [1.82, 2.24) is 0 Å². The Hall–Kier alpha value is -1.42. The highest BCUT2D eigenvalue weighted by molar-refractivity contribution is 7.81. The van der Waals surface area contributed by atoms with Crippen LogP contribution in [0.15, 0.2) is 24.3 Å². The van der Waals surface area contributed by atoms with E-state index in [0.29, 0.717) is 12.5 Å². The summed E-state index contributed by atoms with van der Waals surface area (Å²) in [4.78, 5) is 0. The number of benzene rings is 1. The van der Waals surface area contributed by atoms with E-state index in [1.54, 1.807) is 0 Å². The number of nitrogens with zero attached hydrogens (tertiary/aromatic N) is 1. The first-order valence-corrected chi connectivity index (χ1v) is 8.46. The van der Waals surface area contributed by atoms with Crippen LogP contribution < -0.4 is 4.31 Å². The third-order valence-electron chi connectivity index (χ3n) is 3.93. The molecular weight excluding hydrogens is 292 g/mol. The van der Waals surface area contributed by atoms with E-state index in [-0.39, 0.29) is 5.90 Å². The number of allylic oxidation sites excluding steroid dienone is 1. The molecule has 22 heavy (non-hydrogen) atoms. The first kappa shape index (κ1) is 16.9. The zero-order chi connectivity index (χ0) is 16.1. The molecule has 1 aromatic rings. The Morgan fingerprint density at radius 1 is 1.41 bits per heavy atom. The number of thiol groups is 1. The molecule has 0 radical (unpaired) electrons. The minimum atomic E-state index is 0.219. The predicted molar refractivity (Wildman–Crippen MR) is 97.8 cm³/mol. The molecular formula is C18H26N2OS. The third-order valence-corrected chi connectivity index (χ3v) is 4.36. The minimum absolute atomic E-state index is 0.219. The van der Waals surface area contributed by atoms with Gasteiger partial charge in [-0.25, -0.2) is 0 Å². The van der Waals surface area contributed by atoms with Crippen LogP contribution in [-0.4, -0.2) is 19.0 Å². The van der Waals surface area contributed by atoms with Gasteiger partial charge in [-0.05, 0) is 55.4 Å². The van der Waals surface area contributed by atoms with Crippen LogP contribution in [0.25, 0.3) is 6.08 Å². The molecule has 2 unspecified atom stereocenters. The molecule has 2 atom stereocenters. The zero-order valence-corrected chi connectivity index (χ0v) is 14.6. The van der Waals surface area contributed by atoms with E-state index in [2.05, 4.69) is 44.9 Å². The maximum atomic E-state index is 8.04. The van der Waals surface area contributed by atoms with Crippen molar-refractivity contribution in [3.05, 3.63) is 35.4 Å². The number of anilines is 1. The molecule has 3 nitrogen and oxygen atoms in total. The average Bonchev–Trinajstić information content (AvgIpc) is 3.21. The van der Waals surface area contributed by atoms with Gasteiger partial charge in [-0.1, -0.05) is 38.8 Å². The number of hydrogen-bond acceptors (Lipinski definition) is 4. The van der Waals surface area contributed by atoms with Crippen LogP contribution in [0.4, 0.5) is 5.69 Å². The second-order valence-electron chi connectivity index (χ2n) is 5.93. The highest BCUT2D eigenvalue weighted by atomic mass is 32.1. The van der Waals surface area contributed by atoms with Crippen molar-refractivity contribution >= 4 is 30.5 Å². The predicted octanol–water partition coefficient (Wildman–Crippen LogP) is 4.78. The van der Waals surface area contributed by atoms with Gasteiger partial charge in [-0.2, -0.15) is 0 Å². The van der Waals surface area contributed by atoms with Crippen LogP contribution in [-0.2, 0) is 4.74 Å². The molecule has 2 rings (SSSR count). The minimum Gasteiger partial charge on any atom is -0.478 e. The summed E-state index contributed by atoms with van der Waals surface area (Å²) in [6, 6.07) is 6.10. The number of nitrogens with one attached hydrogen (secondary N) is 1. The van der Waals surface area contributed by atoms with Crippen LogP contribution >= 0.6 is 12.8 Å². The molecule has 120 valence electrons. The van der Waals surface area contributed by atoms with Crippen LogP contribution in [0, 0.1) is 17.2 Å². The summed E-state index contributed by atoms with van der Waals surface area (Å²) < 4.78 is 7.28. The Labute approximate surface area is 139 Å². The summed E-state index contributed by atoms with van der Waals surface area (Å²) in [7, 11) is 0. The van der Waals surface area contributed by atoms with E-state index in [1.165, 1.54) is 6.42 Å². The number of rotatable bonds is 7. The maximum Gasteiger partial charge on any atom is 0.213 e. The van der Waals surface area contributed by atoms with Gasteiger partial charge in [0.15, 0.2) is 0 Å². The lowest BCUT2D eigenvalue weighted by molar-refractivity contribution is 0.325. The fraction of sp³-hybridized carbons (Fsp3) is 0.500. The molecule has 1 aliphatic carbocycles. The van der Waals surface area contributed by atoms with Gasteiger partial charge >= 0.3 is 0 Å². The number of hydrogen-bond donors (Lipinski definition) is 2. The molecule has 4 heteroatoms. The van der Waals surface area contributed by atoms with E-state index in [1.807, 2.05) is 23.4 Å². The standard InChI is InChI=1S/C18H26N2OS/c1-4-8-20(22)17-11-14(6-7-15-9-13(15)3)10-16(12-17)18(19)21-5-2/h6-7,10-13,15,19,22H,4-5,8-9H2,1-3H3/b7-6-,19-18?. The topological polar surface area (TPSA) is 36.3 Å². The maximum absolute atomic E-state index is 8.04. The smallest absolute Gasteiger partial charge is 0.213 e. The first-order valence-electron chi connectivity index (χ1n) is 8.06. The Kier molecular flexibility index (Phi) is 5.95. The lowest BCUT2D eigenvalue weighted by atomic mass is 10.1. The highest BCUT2D eigenvalue weighted by Crippen LogP contribution is 2.39. The highest BCUT2D eigenvalue weighted by Gasteiger charge is 2.29. The van der Waals surface area contributed by atoms with Crippen LogP contribution in [0.5, 0.6) is 0 Å². The second-order valence-corrected chi connectivity index (χ2v) is 6.42. The fourth-order valence-corrected chi connectivity index (χ4v) is 2.75. The molecule has 0 spiro atoms. The van der Waals surface area contributed by atoms with Crippen molar-refractivity contribution in [3.63, 3.8) is 0 Å². The van der Waals surface area contributed by atoms with E-state index < -0.39 is 0 Å². The van der Waals surface area contributed by atoms with Gasteiger partial charge < -0.3 is 9.04 Å². The van der Waals surface area contributed by atoms with Crippen molar-refractivity contribution in [3.8, 4) is 0 Å². The molecule has 0 bridgehead atoms. The molecule has 0 amide bonds. The van der Waals surface area contributed by atoms with Gasteiger partial charge in [0.05, 0.1) is 6.61 Å². The van der Waals surface area contributed by atoms with E-state index >= 15 is 0 Å². The molecule has 0 heterocycles. The monoisotopic (exact) mass is 318 g/mol. The lowest BCUT2D eigenvalue weighted by Gasteiger charge is -2.18.